The van der Waals surface area contributed by atoms with Gasteiger partial charge in [-0.05, 0) is 34.4 Å². The number of para-hydroxylation sites is 1. The number of rotatable bonds is 2. The molecule has 25 heavy (non-hydrogen) atoms. The average Bonchev–Trinajstić information content (AvgIpc) is 2.61. The lowest BCUT2D eigenvalue weighted by molar-refractivity contribution is 0.604. The van der Waals surface area contributed by atoms with Crippen molar-refractivity contribution in [2.75, 3.05) is 5.32 Å². The largest absolute Gasteiger partial charge is 0.447 e. The number of benzene rings is 3. The summed E-state index contributed by atoms with van der Waals surface area (Å²) in [4.78, 5) is 0.672. The molecule has 3 aromatic carbocycles. The van der Waals surface area contributed by atoms with Gasteiger partial charge in [-0.3, -0.25) is 0 Å². The monoisotopic (exact) mass is 364 g/mol. The van der Waals surface area contributed by atoms with E-state index in [1.165, 1.54) is 16.7 Å². The second-order valence-corrected chi connectivity index (χ2v) is 8.63. The molecule has 0 atom stereocenters. The number of fused-ring (bicyclic) bond motifs is 2. The van der Waals surface area contributed by atoms with Crippen LogP contribution < -0.4 is 5.32 Å². The Morgan fingerprint density at radius 2 is 1.56 bits per heavy atom. The summed E-state index contributed by atoms with van der Waals surface area (Å²) in [5.41, 5.74) is 7.04. The van der Waals surface area contributed by atoms with E-state index in [0.717, 1.165) is 16.9 Å². The summed E-state index contributed by atoms with van der Waals surface area (Å²) in [6.45, 7) is 4.53. The van der Waals surface area contributed by atoms with E-state index in [9.17, 15) is 4.21 Å². The minimum atomic E-state index is -1.37. The van der Waals surface area contributed by atoms with Gasteiger partial charge in [-0.1, -0.05) is 68.4 Å². The van der Waals surface area contributed by atoms with Crippen LogP contribution in [0.3, 0.4) is 0 Å². The highest BCUT2D eigenvalue weighted by molar-refractivity contribution is 8.21. The van der Waals surface area contributed by atoms with Gasteiger partial charge in [-0.2, -0.15) is 9.36 Å². The zero-order valence-corrected chi connectivity index (χ0v) is 15.7. The highest BCUT2D eigenvalue weighted by atomic mass is 32.8. The molecular weight excluding hydrogens is 346 g/mol. The van der Waals surface area contributed by atoms with Gasteiger partial charge in [-0.15, -0.1) is 4.90 Å². The van der Waals surface area contributed by atoms with Gasteiger partial charge in [0.05, 0.1) is 0 Å². The smallest absolute Gasteiger partial charge is 0.0432 e. The van der Waals surface area contributed by atoms with E-state index in [1.807, 2.05) is 24.3 Å². The Kier molecular flexibility index (Phi) is 3.89. The molecule has 3 aromatic rings. The molecular formula is C21H18NOS2-. The molecule has 4 heteroatoms. The first-order chi connectivity index (χ1) is 12.0. The molecule has 0 amide bonds. The molecule has 2 nitrogen and oxygen atoms in total. The molecule has 126 valence electrons. The molecule has 0 bridgehead atoms. The van der Waals surface area contributed by atoms with Crippen molar-refractivity contribution < 1.29 is 4.21 Å². The highest BCUT2D eigenvalue weighted by Gasteiger charge is 2.34. The summed E-state index contributed by atoms with van der Waals surface area (Å²) in [5, 5.41) is 3.57. The van der Waals surface area contributed by atoms with Crippen LogP contribution in [0.4, 0.5) is 11.4 Å². The molecule has 4 rings (SSSR count). The Bertz CT molecular complexity index is 1030. The van der Waals surface area contributed by atoms with Crippen molar-refractivity contribution in [3.8, 4) is 11.1 Å². The minimum Gasteiger partial charge on any atom is -0.447 e. The van der Waals surface area contributed by atoms with Gasteiger partial charge in [0, 0.05) is 16.8 Å². The molecule has 0 aliphatic carbocycles. The zero-order valence-electron chi connectivity index (χ0n) is 14.1. The van der Waals surface area contributed by atoms with Crippen LogP contribution in [-0.4, -0.2) is 0 Å². The number of anilines is 2. The predicted molar refractivity (Wildman–Crippen MR) is 107 cm³/mol. The Labute approximate surface area is 154 Å². The van der Waals surface area contributed by atoms with Gasteiger partial charge in [-0.25, -0.2) is 11.2 Å². The Morgan fingerprint density at radius 3 is 2.28 bits per heavy atom. The van der Waals surface area contributed by atoms with Crippen LogP contribution in [0.2, 0.25) is 0 Å². The van der Waals surface area contributed by atoms with Crippen molar-refractivity contribution in [1.82, 2.24) is 0 Å². The third-order valence-electron chi connectivity index (χ3n) is 4.92. The molecule has 0 fully saturated rings. The Balaban J connectivity index is 1.92. The Morgan fingerprint density at radius 1 is 0.880 bits per heavy atom. The van der Waals surface area contributed by atoms with E-state index in [2.05, 4.69) is 61.6 Å². The fourth-order valence-corrected chi connectivity index (χ4v) is 4.42. The first kappa shape index (κ1) is 16.3. The van der Waals surface area contributed by atoms with Crippen LogP contribution in [0.15, 0.2) is 71.6 Å². The van der Waals surface area contributed by atoms with Crippen molar-refractivity contribution in [3.05, 3.63) is 77.9 Å². The van der Waals surface area contributed by atoms with Gasteiger partial charge in [0.15, 0.2) is 0 Å². The molecule has 1 aliphatic rings. The van der Waals surface area contributed by atoms with Crippen molar-refractivity contribution in [1.29, 1.82) is 0 Å². The lowest BCUT2D eigenvalue weighted by Gasteiger charge is -2.37. The second kappa shape index (κ2) is 5.97. The average molecular weight is 365 g/mol. The lowest BCUT2D eigenvalue weighted by Crippen LogP contribution is -2.26. The van der Waals surface area contributed by atoms with Crippen molar-refractivity contribution in [2.45, 2.75) is 24.2 Å². The third-order valence-corrected chi connectivity index (χ3v) is 6.15. The quantitative estimate of drug-likeness (QED) is 0.607. The molecule has 0 aromatic heterocycles. The molecule has 1 aliphatic heterocycles. The number of nitrogens with one attached hydrogen (secondary N) is 1. The zero-order chi connectivity index (χ0) is 17.6. The summed E-state index contributed by atoms with van der Waals surface area (Å²) in [5.74, 6) is 0. The van der Waals surface area contributed by atoms with Gasteiger partial charge in [0.2, 0.25) is 0 Å². The fraction of sp³-hybridized carbons (Fsp3) is 0.143. The van der Waals surface area contributed by atoms with E-state index in [1.54, 1.807) is 0 Å². The van der Waals surface area contributed by atoms with E-state index >= 15 is 0 Å². The van der Waals surface area contributed by atoms with Crippen LogP contribution in [0.1, 0.15) is 25.0 Å². The van der Waals surface area contributed by atoms with E-state index in [-0.39, 0.29) is 5.41 Å². The van der Waals surface area contributed by atoms with Crippen molar-refractivity contribution in [2.24, 2.45) is 0 Å². The maximum absolute atomic E-state index is 11.5. The summed E-state index contributed by atoms with van der Waals surface area (Å²) < 4.78 is 11.5. The van der Waals surface area contributed by atoms with Crippen LogP contribution in [0.25, 0.3) is 11.1 Å². The van der Waals surface area contributed by atoms with Gasteiger partial charge in [0.1, 0.15) is 0 Å². The Hall–Kier alpha value is -2.17. The van der Waals surface area contributed by atoms with Crippen LogP contribution >= 0.6 is 0 Å². The highest BCUT2D eigenvalue weighted by Crippen LogP contribution is 2.48. The number of hydrogen-bond donors (Lipinski definition) is 1. The molecule has 0 spiro atoms. The first-order valence-corrected chi connectivity index (χ1v) is 10.3. The van der Waals surface area contributed by atoms with E-state index in [0.29, 0.717) is 4.90 Å². The fourth-order valence-electron chi connectivity index (χ4n) is 3.73. The molecule has 1 N–H and O–H groups in total. The molecule has 0 unspecified atom stereocenters. The minimum absolute atomic E-state index is 0.118. The standard InChI is InChI=1S/C21H18NOS2/c1-21(2)17-7-3-4-8-18(17)22-19-9-5-6-16(20(19)21)14-10-12-15(13-11-14)25(23)24/h3-13,22H,1-2H3/q-1. The summed E-state index contributed by atoms with van der Waals surface area (Å²) in [6, 6.07) is 22.5. The van der Waals surface area contributed by atoms with Gasteiger partial charge < -0.3 is 9.53 Å². The van der Waals surface area contributed by atoms with Gasteiger partial charge >= 0.3 is 0 Å². The molecule has 1 heterocycles. The lowest BCUT2D eigenvalue weighted by atomic mass is 9.71. The topological polar surface area (TPSA) is 29.1 Å². The van der Waals surface area contributed by atoms with Gasteiger partial charge in [0.25, 0.3) is 0 Å². The molecule has 0 radical (unpaired) electrons. The summed E-state index contributed by atoms with van der Waals surface area (Å²) >= 11 is 4.85. The van der Waals surface area contributed by atoms with Crippen molar-refractivity contribution >= 4 is 31.9 Å². The summed E-state index contributed by atoms with van der Waals surface area (Å²) in [6.07, 6.45) is 0. The van der Waals surface area contributed by atoms with E-state index in [4.69, 9.17) is 11.2 Å². The van der Waals surface area contributed by atoms with E-state index < -0.39 is 9.36 Å². The van der Waals surface area contributed by atoms with Crippen LogP contribution in [0.5, 0.6) is 0 Å². The molecule has 0 saturated carbocycles. The second-order valence-electron chi connectivity index (χ2n) is 6.78. The molecule has 0 saturated heterocycles. The summed E-state index contributed by atoms with van der Waals surface area (Å²) in [7, 11) is -1.37. The predicted octanol–water partition coefficient (Wildman–Crippen LogP) is 5.52. The van der Waals surface area contributed by atoms with Crippen LogP contribution in [-0.2, 0) is 30.2 Å². The van der Waals surface area contributed by atoms with Crippen LogP contribution in [0, 0.1) is 0 Å². The SMILES string of the molecule is CC1(C)c2ccccc2Nc2cccc(-c3ccc([S-](=O)=S)cc3)c21. The number of hydrogen-bond acceptors (Lipinski definition) is 4. The first-order valence-electron chi connectivity index (χ1n) is 8.18. The maximum Gasteiger partial charge on any atom is 0.0432 e. The maximum atomic E-state index is 11.5. The third kappa shape index (κ3) is 2.66. The normalized spacial score (nSPS) is 14.5. The van der Waals surface area contributed by atoms with Crippen molar-refractivity contribution in [3.63, 3.8) is 0 Å².